The first-order valence-electron chi connectivity index (χ1n) is 12.5. The molecule has 0 aromatic heterocycles. The van der Waals surface area contributed by atoms with Crippen molar-refractivity contribution < 1.29 is 4.79 Å². The Labute approximate surface area is 184 Å². The maximum atomic E-state index is 13.1. The van der Waals surface area contributed by atoms with Gasteiger partial charge in [0.2, 0.25) is 0 Å². The number of ketones is 1. The second-order valence-electron chi connectivity index (χ2n) is 10.4. The van der Waals surface area contributed by atoms with Crippen molar-refractivity contribution in [1.82, 2.24) is 0 Å². The number of hydrogen-bond acceptors (Lipinski definition) is 1. The lowest BCUT2D eigenvalue weighted by Gasteiger charge is -2.45. The molecule has 0 amide bonds. The van der Waals surface area contributed by atoms with Gasteiger partial charge in [-0.3, -0.25) is 4.79 Å². The van der Waals surface area contributed by atoms with Crippen molar-refractivity contribution in [2.45, 2.75) is 95.8 Å². The average Bonchev–Trinajstić information content (AvgIpc) is 2.73. The highest BCUT2D eigenvalue weighted by atomic mass is 16.1. The third-order valence-corrected chi connectivity index (χ3v) is 8.71. The quantitative estimate of drug-likeness (QED) is 0.403. The van der Waals surface area contributed by atoms with Gasteiger partial charge < -0.3 is 0 Å². The van der Waals surface area contributed by atoms with E-state index in [0.29, 0.717) is 17.6 Å². The zero-order chi connectivity index (χ0) is 21.1. The molecule has 3 unspecified atom stereocenters. The number of rotatable bonds is 8. The van der Waals surface area contributed by atoms with Gasteiger partial charge in [0, 0.05) is 17.8 Å². The minimum atomic E-state index is 0.0908. The van der Waals surface area contributed by atoms with Crippen LogP contribution in [-0.4, -0.2) is 5.78 Å². The number of Topliss-reactive ketones (excluding diaryl/α,β-unsaturated/α-hetero) is 1. The van der Waals surface area contributed by atoms with Crippen LogP contribution in [0.4, 0.5) is 0 Å². The molecule has 1 nitrogen and oxygen atoms in total. The van der Waals surface area contributed by atoms with E-state index in [1.165, 1.54) is 80.1 Å². The van der Waals surface area contributed by atoms with Crippen LogP contribution in [0.5, 0.6) is 0 Å². The lowest BCUT2D eigenvalue weighted by Crippen LogP contribution is -2.36. The van der Waals surface area contributed by atoms with Crippen LogP contribution in [0, 0.1) is 24.7 Å². The normalized spacial score (nSPS) is 27.6. The molecule has 3 aliphatic carbocycles. The minimum absolute atomic E-state index is 0.0908. The molecule has 3 aliphatic rings. The second kappa shape index (κ2) is 9.25. The first-order chi connectivity index (χ1) is 14.5. The number of benzene rings is 1. The van der Waals surface area contributed by atoms with Crippen LogP contribution in [0.15, 0.2) is 48.6 Å². The third-order valence-electron chi connectivity index (χ3n) is 8.71. The monoisotopic (exact) mass is 404 g/mol. The van der Waals surface area contributed by atoms with E-state index in [9.17, 15) is 4.79 Å². The molecule has 0 spiro atoms. The van der Waals surface area contributed by atoms with Crippen LogP contribution in [0.25, 0.3) is 0 Å². The van der Waals surface area contributed by atoms with E-state index < -0.39 is 0 Å². The Hall–Kier alpha value is -1.63. The van der Waals surface area contributed by atoms with E-state index in [0.717, 1.165) is 31.6 Å². The Bertz CT molecular complexity index is 777. The van der Waals surface area contributed by atoms with Crippen molar-refractivity contribution in [3.63, 3.8) is 0 Å². The molecular weight excluding hydrogens is 364 g/mol. The summed E-state index contributed by atoms with van der Waals surface area (Å²) in [5.41, 5.74) is 5.18. The number of carbonyl (C=O) groups is 1. The first-order valence-corrected chi connectivity index (χ1v) is 12.5. The average molecular weight is 405 g/mol. The number of aryl methyl sites for hydroxylation is 1. The van der Waals surface area contributed by atoms with E-state index in [1.54, 1.807) is 0 Å². The Kier molecular flexibility index (Phi) is 6.66. The molecule has 1 heteroatoms. The van der Waals surface area contributed by atoms with Crippen LogP contribution in [0.2, 0.25) is 0 Å². The van der Waals surface area contributed by atoms with E-state index in [-0.39, 0.29) is 5.41 Å². The summed E-state index contributed by atoms with van der Waals surface area (Å²) >= 11 is 0. The van der Waals surface area contributed by atoms with Gasteiger partial charge in [-0.25, -0.2) is 0 Å². The SMILES string of the molecule is C=C(CCCC(=O)C1CCCC2CCCCC21)C(=C)C1(c2ccc(C)cc2)CCC1. The topological polar surface area (TPSA) is 17.1 Å². The summed E-state index contributed by atoms with van der Waals surface area (Å²) < 4.78 is 0. The minimum Gasteiger partial charge on any atom is -0.299 e. The molecule has 0 N–H and O–H groups in total. The number of hydrogen-bond donors (Lipinski definition) is 0. The smallest absolute Gasteiger partial charge is 0.136 e. The molecule has 1 aromatic carbocycles. The Balaban J connectivity index is 1.31. The van der Waals surface area contributed by atoms with Crippen molar-refractivity contribution in [2.75, 3.05) is 0 Å². The van der Waals surface area contributed by atoms with Gasteiger partial charge in [0.1, 0.15) is 5.78 Å². The summed E-state index contributed by atoms with van der Waals surface area (Å²) in [6.45, 7) is 11.1. The highest BCUT2D eigenvalue weighted by Gasteiger charge is 2.42. The standard InChI is InChI=1S/C29H40O/c1-21-15-17-25(18-16-21)29(19-8-20-29)23(3)22(2)9-6-14-28(30)27-13-7-11-24-10-4-5-12-26(24)27/h15-18,24,26-27H,2-14,19-20H2,1H3. The molecule has 3 atom stereocenters. The molecule has 0 saturated heterocycles. The third kappa shape index (κ3) is 4.23. The summed E-state index contributed by atoms with van der Waals surface area (Å²) in [6, 6.07) is 8.99. The van der Waals surface area contributed by atoms with E-state index in [2.05, 4.69) is 44.3 Å². The van der Waals surface area contributed by atoms with Gasteiger partial charge in [-0.2, -0.15) is 0 Å². The molecule has 0 heterocycles. The summed E-state index contributed by atoms with van der Waals surface area (Å²) in [5, 5.41) is 0. The van der Waals surface area contributed by atoms with E-state index in [1.807, 2.05) is 0 Å². The van der Waals surface area contributed by atoms with Crippen molar-refractivity contribution >= 4 is 5.78 Å². The largest absolute Gasteiger partial charge is 0.299 e. The van der Waals surface area contributed by atoms with Crippen molar-refractivity contribution in [1.29, 1.82) is 0 Å². The Morgan fingerprint density at radius 1 is 0.933 bits per heavy atom. The summed E-state index contributed by atoms with van der Waals surface area (Å²) in [7, 11) is 0. The van der Waals surface area contributed by atoms with E-state index >= 15 is 0 Å². The lowest BCUT2D eigenvalue weighted by atomic mass is 9.59. The maximum Gasteiger partial charge on any atom is 0.136 e. The van der Waals surface area contributed by atoms with Gasteiger partial charge in [-0.1, -0.05) is 87.1 Å². The fraction of sp³-hybridized carbons (Fsp3) is 0.621. The van der Waals surface area contributed by atoms with Gasteiger partial charge in [0.25, 0.3) is 0 Å². The maximum absolute atomic E-state index is 13.1. The molecule has 1 aromatic rings. The first kappa shape index (κ1) is 21.6. The predicted molar refractivity (Wildman–Crippen MR) is 127 cm³/mol. The van der Waals surface area contributed by atoms with Crippen LogP contribution < -0.4 is 0 Å². The van der Waals surface area contributed by atoms with Gasteiger partial charge in [0.15, 0.2) is 0 Å². The number of allylic oxidation sites excluding steroid dienone is 2. The molecule has 0 bridgehead atoms. The van der Waals surface area contributed by atoms with Crippen molar-refractivity contribution in [3.8, 4) is 0 Å². The van der Waals surface area contributed by atoms with Gasteiger partial charge >= 0.3 is 0 Å². The van der Waals surface area contributed by atoms with E-state index in [4.69, 9.17) is 0 Å². The van der Waals surface area contributed by atoms with Crippen LogP contribution >= 0.6 is 0 Å². The van der Waals surface area contributed by atoms with Crippen LogP contribution in [0.3, 0.4) is 0 Å². The zero-order valence-electron chi connectivity index (χ0n) is 19.1. The zero-order valence-corrected chi connectivity index (χ0v) is 19.1. The fourth-order valence-corrected chi connectivity index (χ4v) is 6.66. The van der Waals surface area contributed by atoms with Crippen LogP contribution in [0.1, 0.15) is 94.6 Å². The number of fused-ring (bicyclic) bond motifs is 1. The summed E-state index contributed by atoms with van der Waals surface area (Å²) in [5.74, 6) is 2.43. The summed E-state index contributed by atoms with van der Waals surface area (Å²) in [6.07, 6.45) is 15.4. The number of carbonyl (C=O) groups excluding carboxylic acids is 1. The molecule has 162 valence electrons. The molecule has 0 aliphatic heterocycles. The van der Waals surface area contributed by atoms with Crippen molar-refractivity contribution in [3.05, 3.63) is 59.7 Å². The molecular formula is C29H40O. The molecule has 3 fully saturated rings. The highest BCUT2D eigenvalue weighted by Crippen LogP contribution is 2.51. The van der Waals surface area contributed by atoms with Gasteiger partial charge in [0.05, 0.1) is 0 Å². The molecule has 3 saturated carbocycles. The van der Waals surface area contributed by atoms with Gasteiger partial charge in [-0.05, 0) is 68.4 Å². The fourth-order valence-electron chi connectivity index (χ4n) is 6.66. The Morgan fingerprint density at radius 3 is 2.33 bits per heavy atom. The Morgan fingerprint density at radius 2 is 1.63 bits per heavy atom. The molecule has 4 rings (SSSR count). The molecule has 0 radical (unpaired) electrons. The summed E-state index contributed by atoms with van der Waals surface area (Å²) in [4.78, 5) is 13.1. The van der Waals surface area contributed by atoms with Gasteiger partial charge in [-0.15, -0.1) is 0 Å². The molecule has 30 heavy (non-hydrogen) atoms. The predicted octanol–water partition coefficient (Wildman–Crippen LogP) is 7.88. The lowest BCUT2D eigenvalue weighted by molar-refractivity contribution is -0.127. The van der Waals surface area contributed by atoms with Crippen LogP contribution in [-0.2, 0) is 10.2 Å². The van der Waals surface area contributed by atoms with Crippen molar-refractivity contribution in [2.24, 2.45) is 17.8 Å². The highest BCUT2D eigenvalue weighted by molar-refractivity contribution is 5.81. The second-order valence-corrected chi connectivity index (χ2v) is 10.4.